The number of halogens is 3. The second kappa shape index (κ2) is 7.51. The zero-order valence-electron chi connectivity index (χ0n) is 10.9. The van der Waals surface area contributed by atoms with E-state index in [1.165, 1.54) is 12.1 Å². The standard InChI is InChI=1S/C13H14F3NO4/c14-13(15,16)21-11-3-1-2-9(7-11)6-10(17-8-18)4-5-12(19)20/h1-3,7-8,10H,4-6H2,(H,17,18)(H,19,20). The van der Waals surface area contributed by atoms with E-state index in [4.69, 9.17) is 5.11 Å². The molecule has 0 aliphatic rings. The van der Waals surface area contributed by atoms with Gasteiger partial charge in [0.15, 0.2) is 0 Å². The average Bonchev–Trinajstić information content (AvgIpc) is 2.34. The third kappa shape index (κ3) is 7.19. The summed E-state index contributed by atoms with van der Waals surface area (Å²) in [7, 11) is 0. The van der Waals surface area contributed by atoms with Crippen LogP contribution in [0.3, 0.4) is 0 Å². The minimum atomic E-state index is -4.78. The molecule has 0 radical (unpaired) electrons. The summed E-state index contributed by atoms with van der Waals surface area (Å²) in [6, 6.07) is 4.86. The van der Waals surface area contributed by atoms with E-state index in [0.717, 1.165) is 6.07 Å². The summed E-state index contributed by atoms with van der Waals surface area (Å²) in [4.78, 5) is 21.0. The van der Waals surface area contributed by atoms with Crippen molar-refractivity contribution in [1.82, 2.24) is 5.32 Å². The Morgan fingerprint density at radius 3 is 2.71 bits per heavy atom. The van der Waals surface area contributed by atoms with Gasteiger partial charge in [0.2, 0.25) is 6.41 Å². The predicted molar refractivity (Wildman–Crippen MR) is 66.7 cm³/mol. The lowest BCUT2D eigenvalue weighted by Crippen LogP contribution is -2.30. The van der Waals surface area contributed by atoms with Gasteiger partial charge < -0.3 is 15.2 Å². The molecule has 0 aliphatic heterocycles. The number of hydrogen-bond acceptors (Lipinski definition) is 3. The van der Waals surface area contributed by atoms with Crippen LogP contribution >= 0.6 is 0 Å². The Hall–Kier alpha value is -2.25. The highest BCUT2D eigenvalue weighted by Crippen LogP contribution is 2.24. The number of hydrogen-bond donors (Lipinski definition) is 2. The molecule has 1 unspecified atom stereocenters. The van der Waals surface area contributed by atoms with Crippen molar-refractivity contribution in [3.8, 4) is 5.75 Å². The SMILES string of the molecule is O=CNC(CCC(=O)O)Cc1cccc(OC(F)(F)F)c1. The third-order valence-corrected chi connectivity index (χ3v) is 2.62. The molecule has 5 nitrogen and oxygen atoms in total. The van der Waals surface area contributed by atoms with Crippen molar-refractivity contribution < 1.29 is 32.6 Å². The zero-order chi connectivity index (χ0) is 15.9. The first-order valence-corrected chi connectivity index (χ1v) is 6.06. The number of carbonyl (C=O) groups excluding carboxylic acids is 1. The number of benzene rings is 1. The van der Waals surface area contributed by atoms with Crippen LogP contribution in [0.25, 0.3) is 0 Å². The number of alkyl halides is 3. The molecule has 1 aromatic carbocycles. The predicted octanol–water partition coefficient (Wildman–Crippen LogP) is 2.11. The van der Waals surface area contributed by atoms with Crippen molar-refractivity contribution in [2.24, 2.45) is 0 Å². The fourth-order valence-electron chi connectivity index (χ4n) is 1.79. The van der Waals surface area contributed by atoms with Gasteiger partial charge in [0.1, 0.15) is 5.75 Å². The van der Waals surface area contributed by atoms with Crippen molar-refractivity contribution >= 4 is 12.4 Å². The van der Waals surface area contributed by atoms with Crippen LogP contribution in [0, 0.1) is 0 Å². The van der Waals surface area contributed by atoms with E-state index in [1.807, 2.05) is 0 Å². The highest BCUT2D eigenvalue weighted by Gasteiger charge is 2.31. The molecule has 1 rings (SSSR count). The van der Waals surface area contributed by atoms with Crippen LogP contribution in [0.1, 0.15) is 18.4 Å². The Kier molecular flexibility index (Phi) is 6.01. The highest BCUT2D eigenvalue weighted by atomic mass is 19.4. The summed E-state index contributed by atoms with van der Waals surface area (Å²) < 4.78 is 40.2. The first-order valence-electron chi connectivity index (χ1n) is 6.06. The smallest absolute Gasteiger partial charge is 0.481 e. The van der Waals surface area contributed by atoms with Crippen LogP contribution in [0.2, 0.25) is 0 Å². The van der Waals surface area contributed by atoms with Crippen LogP contribution in [0.15, 0.2) is 24.3 Å². The van der Waals surface area contributed by atoms with Gasteiger partial charge in [-0.2, -0.15) is 0 Å². The Balaban J connectivity index is 2.72. The number of rotatable bonds is 8. The second-order valence-corrected chi connectivity index (χ2v) is 4.31. The van der Waals surface area contributed by atoms with Crippen LogP contribution in [0.5, 0.6) is 5.75 Å². The Morgan fingerprint density at radius 1 is 1.43 bits per heavy atom. The zero-order valence-corrected chi connectivity index (χ0v) is 10.9. The highest BCUT2D eigenvalue weighted by molar-refractivity contribution is 5.66. The molecule has 2 N–H and O–H groups in total. The summed E-state index contributed by atoms with van der Waals surface area (Å²) >= 11 is 0. The van der Waals surface area contributed by atoms with Gasteiger partial charge in [0.25, 0.3) is 0 Å². The summed E-state index contributed by atoms with van der Waals surface area (Å²) in [5.74, 6) is -1.37. The van der Waals surface area contributed by atoms with Crippen molar-refractivity contribution in [1.29, 1.82) is 0 Å². The molecule has 0 spiro atoms. The van der Waals surface area contributed by atoms with E-state index in [-0.39, 0.29) is 25.0 Å². The van der Waals surface area contributed by atoms with Gasteiger partial charge >= 0.3 is 12.3 Å². The molecule has 1 aromatic rings. The van der Waals surface area contributed by atoms with E-state index in [1.54, 1.807) is 6.07 Å². The number of nitrogens with one attached hydrogen (secondary N) is 1. The lowest BCUT2D eigenvalue weighted by Gasteiger charge is -2.16. The summed E-state index contributed by atoms with van der Waals surface area (Å²) in [5, 5.41) is 11.1. The Labute approximate surface area is 118 Å². The molecule has 0 bridgehead atoms. The summed E-state index contributed by atoms with van der Waals surface area (Å²) in [5.41, 5.74) is 0.501. The number of carboxylic acids is 1. The van der Waals surface area contributed by atoms with Gasteiger partial charge in [0.05, 0.1) is 0 Å². The van der Waals surface area contributed by atoms with E-state index < -0.39 is 18.4 Å². The van der Waals surface area contributed by atoms with E-state index in [9.17, 15) is 22.8 Å². The number of carbonyl (C=O) groups is 2. The number of ether oxygens (including phenoxy) is 1. The fraction of sp³-hybridized carbons (Fsp3) is 0.385. The molecule has 1 amide bonds. The molecule has 116 valence electrons. The van der Waals surface area contributed by atoms with E-state index >= 15 is 0 Å². The van der Waals surface area contributed by atoms with E-state index in [0.29, 0.717) is 12.0 Å². The minimum absolute atomic E-state index is 0.149. The maximum absolute atomic E-state index is 12.1. The van der Waals surface area contributed by atoms with Gasteiger partial charge in [-0.25, -0.2) is 0 Å². The lowest BCUT2D eigenvalue weighted by molar-refractivity contribution is -0.274. The fourth-order valence-corrected chi connectivity index (χ4v) is 1.79. The number of amides is 1. The topological polar surface area (TPSA) is 75.6 Å². The second-order valence-electron chi connectivity index (χ2n) is 4.31. The summed E-state index contributed by atoms with van der Waals surface area (Å²) in [6.07, 6.45) is -4.10. The average molecular weight is 305 g/mol. The van der Waals surface area contributed by atoms with Crippen molar-refractivity contribution in [3.63, 3.8) is 0 Å². The first-order chi connectivity index (χ1) is 9.80. The molecule has 0 fully saturated rings. The van der Waals surface area contributed by atoms with Crippen LogP contribution in [0.4, 0.5) is 13.2 Å². The molecule has 0 saturated carbocycles. The molecule has 0 heterocycles. The van der Waals surface area contributed by atoms with Crippen molar-refractivity contribution in [2.45, 2.75) is 31.7 Å². The molecule has 1 atom stereocenters. The summed E-state index contributed by atoms with van der Waals surface area (Å²) in [6.45, 7) is 0. The van der Waals surface area contributed by atoms with Crippen LogP contribution in [-0.2, 0) is 16.0 Å². The Bertz CT molecular complexity index is 491. The molecular weight excluding hydrogens is 291 g/mol. The number of aliphatic carboxylic acids is 1. The maximum Gasteiger partial charge on any atom is 0.573 e. The largest absolute Gasteiger partial charge is 0.573 e. The normalized spacial score (nSPS) is 12.5. The molecule has 0 aliphatic carbocycles. The third-order valence-electron chi connectivity index (χ3n) is 2.62. The minimum Gasteiger partial charge on any atom is -0.481 e. The van der Waals surface area contributed by atoms with Gasteiger partial charge in [-0.05, 0) is 30.5 Å². The van der Waals surface area contributed by atoms with Gasteiger partial charge in [-0.3, -0.25) is 9.59 Å². The van der Waals surface area contributed by atoms with Crippen LogP contribution in [-0.4, -0.2) is 29.9 Å². The molecular formula is C13H14F3NO4. The molecule has 0 saturated heterocycles. The van der Waals surface area contributed by atoms with Crippen molar-refractivity contribution in [3.05, 3.63) is 29.8 Å². The monoisotopic (exact) mass is 305 g/mol. The quantitative estimate of drug-likeness (QED) is 0.721. The van der Waals surface area contributed by atoms with Gasteiger partial charge in [0, 0.05) is 12.5 Å². The van der Waals surface area contributed by atoms with Crippen LogP contribution < -0.4 is 10.1 Å². The Morgan fingerprint density at radius 2 is 2.14 bits per heavy atom. The first kappa shape index (κ1) is 16.8. The molecule has 0 aromatic heterocycles. The van der Waals surface area contributed by atoms with Crippen molar-refractivity contribution in [2.75, 3.05) is 0 Å². The van der Waals surface area contributed by atoms with Gasteiger partial charge in [-0.1, -0.05) is 12.1 Å². The maximum atomic E-state index is 12.1. The van der Waals surface area contributed by atoms with Gasteiger partial charge in [-0.15, -0.1) is 13.2 Å². The van der Waals surface area contributed by atoms with E-state index in [2.05, 4.69) is 10.1 Å². The lowest BCUT2D eigenvalue weighted by atomic mass is 10.0. The molecule has 8 heteroatoms. The number of carboxylic acid groups (broad SMARTS) is 1. The molecule has 21 heavy (non-hydrogen) atoms.